The molecule has 0 radical (unpaired) electrons. The summed E-state index contributed by atoms with van der Waals surface area (Å²) in [6.45, 7) is 3.76. The minimum absolute atomic E-state index is 0.226. The number of aliphatic carboxylic acids is 1. The second kappa shape index (κ2) is 10.3. The number of benzene rings is 2. The molecule has 2 aromatic carbocycles. The molecule has 2 aliphatic rings. The Labute approximate surface area is 213 Å². The molecule has 0 spiro atoms. The van der Waals surface area contributed by atoms with Crippen LogP contribution in [0.15, 0.2) is 58.5 Å². The summed E-state index contributed by atoms with van der Waals surface area (Å²) < 4.78 is 73.5. The maximum atomic E-state index is 13.4. The number of hydrazone groups is 1. The van der Waals surface area contributed by atoms with Gasteiger partial charge < -0.3 is 9.84 Å². The van der Waals surface area contributed by atoms with E-state index in [4.69, 9.17) is 4.74 Å². The molecule has 1 fully saturated rings. The molecule has 8 nitrogen and oxygen atoms in total. The van der Waals surface area contributed by atoms with Crippen molar-refractivity contribution < 1.29 is 36.2 Å². The van der Waals surface area contributed by atoms with E-state index in [0.717, 1.165) is 10.6 Å². The first-order valence-electron chi connectivity index (χ1n) is 11.9. The minimum atomic E-state index is -4.66. The molecule has 1 N–H and O–H groups in total. The van der Waals surface area contributed by atoms with E-state index in [1.54, 1.807) is 30.3 Å². The Kier molecular flexibility index (Phi) is 7.52. The zero-order valence-corrected chi connectivity index (χ0v) is 21.2. The van der Waals surface area contributed by atoms with E-state index in [1.807, 2.05) is 13.0 Å². The number of hydrogen-bond acceptors (Lipinski definition) is 6. The van der Waals surface area contributed by atoms with Gasteiger partial charge in [0.25, 0.3) is 0 Å². The third-order valence-electron chi connectivity index (χ3n) is 6.64. The predicted octanol–water partition coefficient (Wildman–Crippen LogP) is 4.44. The van der Waals surface area contributed by atoms with Crippen LogP contribution in [0.25, 0.3) is 0 Å². The molecular formula is C25H28F3N3O5S. The fourth-order valence-corrected chi connectivity index (χ4v) is 6.24. The van der Waals surface area contributed by atoms with E-state index < -0.39 is 46.3 Å². The van der Waals surface area contributed by atoms with Crippen LogP contribution in [-0.2, 0) is 14.8 Å². The van der Waals surface area contributed by atoms with Crippen molar-refractivity contribution >= 4 is 27.4 Å². The highest BCUT2D eigenvalue weighted by Gasteiger charge is 2.48. The number of sulfonamides is 1. The highest BCUT2D eigenvalue weighted by molar-refractivity contribution is 7.89. The van der Waals surface area contributed by atoms with Crippen molar-refractivity contribution in [1.29, 1.82) is 0 Å². The van der Waals surface area contributed by atoms with Gasteiger partial charge in [-0.2, -0.15) is 22.6 Å². The largest absolute Gasteiger partial charge is 0.490 e. The molecule has 0 aliphatic carbocycles. The average molecular weight is 540 g/mol. The molecule has 200 valence electrons. The van der Waals surface area contributed by atoms with Gasteiger partial charge >= 0.3 is 12.1 Å². The van der Waals surface area contributed by atoms with Gasteiger partial charge in [-0.25, -0.2) is 8.42 Å². The van der Waals surface area contributed by atoms with Crippen LogP contribution in [-0.4, -0.2) is 60.9 Å². The van der Waals surface area contributed by atoms with Crippen LogP contribution in [0.2, 0.25) is 0 Å². The van der Waals surface area contributed by atoms with Gasteiger partial charge in [0.2, 0.25) is 10.0 Å². The lowest BCUT2D eigenvalue weighted by Gasteiger charge is -2.31. The molecule has 2 atom stereocenters. The van der Waals surface area contributed by atoms with Crippen molar-refractivity contribution in [1.82, 2.24) is 4.31 Å². The highest BCUT2D eigenvalue weighted by Crippen LogP contribution is 2.37. The maximum absolute atomic E-state index is 13.4. The van der Waals surface area contributed by atoms with Crippen LogP contribution >= 0.6 is 0 Å². The number of anilines is 1. The van der Waals surface area contributed by atoms with Gasteiger partial charge in [0.05, 0.1) is 23.0 Å². The predicted molar refractivity (Wildman–Crippen MR) is 131 cm³/mol. The van der Waals surface area contributed by atoms with E-state index in [1.165, 1.54) is 23.4 Å². The molecule has 0 bridgehead atoms. The fourth-order valence-electron chi connectivity index (χ4n) is 4.67. The third kappa shape index (κ3) is 5.90. The number of alkyl halides is 3. The molecule has 12 heteroatoms. The zero-order chi connectivity index (χ0) is 27.0. The summed E-state index contributed by atoms with van der Waals surface area (Å²) in [5.74, 6) is -1.84. The normalized spacial score (nSPS) is 21.6. The molecule has 2 heterocycles. The van der Waals surface area contributed by atoms with Gasteiger partial charge in [0.15, 0.2) is 0 Å². The first-order chi connectivity index (χ1) is 17.4. The summed E-state index contributed by atoms with van der Waals surface area (Å²) in [6.07, 6.45) is -4.41. The lowest BCUT2D eigenvalue weighted by atomic mass is 9.94. The Hall–Kier alpha value is -3.12. The summed E-state index contributed by atoms with van der Waals surface area (Å²) in [5.41, 5.74) is 0.177. The highest BCUT2D eigenvalue weighted by atomic mass is 32.2. The summed E-state index contributed by atoms with van der Waals surface area (Å²) >= 11 is 0. The van der Waals surface area contributed by atoms with Crippen molar-refractivity contribution in [2.45, 2.75) is 56.3 Å². The van der Waals surface area contributed by atoms with Gasteiger partial charge in [-0.3, -0.25) is 9.80 Å². The van der Waals surface area contributed by atoms with Crippen LogP contribution in [0.1, 0.15) is 31.7 Å². The number of rotatable bonds is 7. The lowest BCUT2D eigenvalue weighted by molar-refractivity contribution is -0.137. The molecule has 2 aromatic rings. The van der Waals surface area contributed by atoms with E-state index in [0.29, 0.717) is 37.4 Å². The van der Waals surface area contributed by atoms with Crippen molar-refractivity contribution in [2.75, 3.05) is 18.1 Å². The Morgan fingerprint density at radius 2 is 1.78 bits per heavy atom. The quantitative estimate of drug-likeness (QED) is 0.559. The molecule has 0 amide bonds. The number of ether oxygens (including phenoxy) is 1. The van der Waals surface area contributed by atoms with Crippen molar-refractivity contribution in [3.63, 3.8) is 0 Å². The Bertz CT molecular complexity index is 1270. The summed E-state index contributed by atoms with van der Waals surface area (Å²) in [5, 5.41) is 14.0. The lowest BCUT2D eigenvalue weighted by Crippen LogP contribution is -2.41. The Morgan fingerprint density at radius 3 is 2.35 bits per heavy atom. The number of halogens is 3. The molecule has 4 rings (SSSR count). The molecule has 2 aliphatic heterocycles. The van der Waals surface area contributed by atoms with Crippen molar-refractivity contribution in [2.24, 2.45) is 11.0 Å². The SMILES string of the molecule is Cc1cccc(S(=O)(=O)N2CCC(Oc3ccc(N4N=C(C(F)(F)F)[C@@H](C)[C@@H]4CC(=O)O)cc3)CC2)c1. The molecule has 0 unspecified atom stereocenters. The van der Waals surface area contributed by atoms with E-state index >= 15 is 0 Å². The van der Waals surface area contributed by atoms with Crippen molar-refractivity contribution in [3.05, 3.63) is 54.1 Å². The average Bonchev–Trinajstić information content (AvgIpc) is 3.16. The van der Waals surface area contributed by atoms with Crippen LogP contribution in [0.4, 0.5) is 18.9 Å². The summed E-state index contributed by atoms with van der Waals surface area (Å²) in [6, 6.07) is 12.1. The van der Waals surface area contributed by atoms with Crippen LogP contribution in [0, 0.1) is 12.8 Å². The van der Waals surface area contributed by atoms with Crippen LogP contribution in [0.5, 0.6) is 5.75 Å². The number of piperidine rings is 1. The zero-order valence-electron chi connectivity index (χ0n) is 20.4. The van der Waals surface area contributed by atoms with Gasteiger partial charge in [0, 0.05) is 19.0 Å². The maximum Gasteiger partial charge on any atom is 0.431 e. The van der Waals surface area contributed by atoms with E-state index in [-0.39, 0.29) is 11.0 Å². The Morgan fingerprint density at radius 1 is 1.14 bits per heavy atom. The topological polar surface area (TPSA) is 99.5 Å². The third-order valence-corrected chi connectivity index (χ3v) is 8.54. The van der Waals surface area contributed by atoms with Gasteiger partial charge in [-0.05, 0) is 61.7 Å². The molecule has 0 aromatic heterocycles. The van der Waals surface area contributed by atoms with Crippen molar-refractivity contribution in [3.8, 4) is 5.75 Å². The van der Waals surface area contributed by atoms with Gasteiger partial charge in [0.1, 0.15) is 17.6 Å². The second-order valence-electron chi connectivity index (χ2n) is 9.31. The smallest absolute Gasteiger partial charge is 0.431 e. The molecular weight excluding hydrogens is 511 g/mol. The minimum Gasteiger partial charge on any atom is -0.490 e. The van der Waals surface area contributed by atoms with E-state index in [9.17, 15) is 31.5 Å². The second-order valence-corrected chi connectivity index (χ2v) is 11.3. The Balaban J connectivity index is 1.41. The first kappa shape index (κ1) is 26.9. The van der Waals surface area contributed by atoms with E-state index in [2.05, 4.69) is 5.10 Å². The monoisotopic (exact) mass is 539 g/mol. The van der Waals surface area contributed by atoms with Crippen LogP contribution < -0.4 is 9.75 Å². The first-order valence-corrected chi connectivity index (χ1v) is 13.3. The number of hydrogen-bond donors (Lipinski definition) is 1. The number of carboxylic acid groups (broad SMARTS) is 1. The number of aryl methyl sites for hydroxylation is 1. The number of carboxylic acids is 1. The standard InChI is InChI=1S/C25H28F3N3O5S/c1-16-4-3-5-21(14-16)37(34,35)30-12-10-20(11-13-30)36-19-8-6-18(7-9-19)31-22(15-23(32)33)17(2)24(29-31)25(26,27)28/h3-9,14,17,20,22H,10-13,15H2,1-2H3,(H,32,33)/t17-,22-/m0/s1. The number of carbonyl (C=O) groups is 1. The molecule has 37 heavy (non-hydrogen) atoms. The molecule has 0 saturated carbocycles. The number of nitrogens with zero attached hydrogens (tertiary/aromatic N) is 3. The summed E-state index contributed by atoms with van der Waals surface area (Å²) in [7, 11) is -3.59. The van der Waals surface area contributed by atoms with Crippen LogP contribution in [0.3, 0.4) is 0 Å². The molecule has 1 saturated heterocycles. The summed E-state index contributed by atoms with van der Waals surface area (Å²) in [4.78, 5) is 11.5. The van der Waals surface area contributed by atoms with Gasteiger partial charge in [-0.15, -0.1) is 0 Å². The fraction of sp³-hybridized carbons (Fsp3) is 0.440. The van der Waals surface area contributed by atoms with Gasteiger partial charge in [-0.1, -0.05) is 19.1 Å².